The van der Waals surface area contributed by atoms with Crippen LogP contribution < -0.4 is 0 Å². The zero-order chi connectivity index (χ0) is 12.8. The molecule has 18 heavy (non-hydrogen) atoms. The molecule has 2 bridgehead atoms. The molecule has 2 aliphatic heterocycles. The van der Waals surface area contributed by atoms with Crippen LogP contribution in [0, 0.1) is 17.3 Å². The molecule has 2 nitrogen and oxygen atoms in total. The normalized spacial score (nSPS) is 34.2. The van der Waals surface area contributed by atoms with Crippen LogP contribution in [0.25, 0.3) is 0 Å². The summed E-state index contributed by atoms with van der Waals surface area (Å²) in [4.78, 5) is 2.73. The standard InChI is InChI=1S/C16H29NO/c1-4-15(2,3)18-12-16(5-6-16)11-17-9-13-7-14(8-13)10-17/h13-14H,4-12H2,1-3H3. The van der Waals surface area contributed by atoms with Crippen molar-refractivity contribution in [1.29, 1.82) is 0 Å². The lowest BCUT2D eigenvalue weighted by molar-refractivity contribution is -0.0572. The molecule has 104 valence electrons. The lowest BCUT2D eigenvalue weighted by Gasteiger charge is -2.48. The third-order valence-electron chi connectivity index (χ3n) is 5.50. The van der Waals surface area contributed by atoms with Gasteiger partial charge in [0.2, 0.25) is 0 Å². The van der Waals surface area contributed by atoms with Gasteiger partial charge in [-0.1, -0.05) is 6.92 Å². The van der Waals surface area contributed by atoms with Gasteiger partial charge in [0.1, 0.15) is 0 Å². The van der Waals surface area contributed by atoms with Gasteiger partial charge < -0.3 is 9.64 Å². The van der Waals surface area contributed by atoms with Gasteiger partial charge in [0.25, 0.3) is 0 Å². The van der Waals surface area contributed by atoms with Crippen LogP contribution in [0.2, 0.25) is 0 Å². The number of ether oxygens (including phenoxy) is 1. The molecule has 4 aliphatic rings. The van der Waals surface area contributed by atoms with Gasteiger partial charge >= 0.3 is 0 Å². The molecule has 2 aliphatic carbocycles. The largest absolute Gasteiger partial charge is 0.375 e. The molecule has 0 unspecified atom stereocenters. The number of hydrogen-bond donors (Lipinski definition) is 0. The molecule has 0 spiro atoms. The van der Waals surface area contributed by atoms with Crippen molar-refractivity contribution in [3.05, 3.63) is 0 Å². The first-order valence-corrected chi connectivity index (χ1v) is 7.87. The number of nitrogens with zero attached hydrogens (tertiary/aromatic N) is 1. The molecule has 0 aromatic rings. The molecule has 0 atom stereocenters. The van der Waals surface area contributed by atoms with E-state index in [1.807, 2.05) is 0 Å². The number of piperidine rings is 2. The van der Waals surface area contributed by atoms with Gasteiger partial charge in [-0.2, -0.15) is 0 Å². The van der Waals surface area contributed by atoms with E-state index >= 15 is 0 Å². The second-order valence-electron chi connectivity index (χ2n) is 7.80. The second-order valence-corrected chi connectivity index (χ2v) is 7.80. The van der Waals surface area contributed by atoms with E-state index in [0.29, 0.717) is 5.41 Å². The van der Waals surface area contributed by atoms with Crippen LogP contribution in [-0.4, -0.2) is 36.7 Å². The Morgan fingerprint density at radius 1 is 1.17 bits per heavy atom. The van der Waals surface area contributed by atoms with Crippen LogP contribution in [0.4, 0.5) is 0 Å². The van der Waals surface area contributed by atoms with Crippen molar-refractivity contribution in [2.45, 2.75) is 58.5 Å². The molecular formula is C16H29NO. The van der Waals surface area contributed by atoms with Crippen LogP contribution in [0.15, 0.2) is 0 Å². The second kappa shape index (κ2) is 4.49. The van der Waals surface area contributed by atoms with E-state index in [1.54, 1.807) is 0 Å². The Morgan fingerprint density at radius 3 is 2.28 bits per heavy atom. The van der Waals surface area contributed by atoms with Crippen LogP contribution in [0.5, 0.6) is 0 Å². The smallest absolute Gasteiger partial charge is 0.0624 e. The van der Waals surface area contributed by atoms with Crippen LogP contribution in [-0.2, 0) is 4.74 Å². The summed E-state index contributed by atoms with van der Waals surface area (Å²) in [5, 5.41) is 0. The Hall–Kier alpha value is -0.0800. The molecule has 0 radical (unpaired) electrons. The lowest BCUT2D eigenvalue weighted by Crippen LogP contribution is -2.50. The first-order chi connectivity index (χ1) is 8.50. The fourth-order valence-corrected chi connectivity index (χ4v) is 3.56. The quantitative estimate of drug-likeness (QED) is 0.718. The average molecular weight is 251 g/mol. The number of hydrogen-bond acceptors (Lipinski definition) is 2. The van der Waals surface area contributed by atoms with Gasteiger partial charge in [0.05, 0.1) is 12.2 Å². The van der Waals surface area contributed by atoms with Crippen molar-refractivity contribution in [3.8, 4) is 0 Å². The van der Waals surface area contributed by atoms with Crippen molar-refractivity contribution in [2.75, 3.05) is 26.2 Å². The Kier molecular flexibility index (Phi) is 3.22. The Morgan fingerprint density at radius 2 is 1.78 bits per heavy atom. The molecule has 2 saturated carbocycles. The minimum absolute atomic E-state index is 0.0691. The highest BCUT2D eigenvalue weighted by molar-refractivity contribution is 4.99. The van der Waals surface area contributed by atoms with Gasteiger partial charge in [-0.25, -0.2) is 0 Å². The summed E-state index contributed by atoms with van der Waals surface area (Å²) < 4.78 is 6.16. The Bertz CT molecular complexity index is 292. The summed E-state index contributed by atoms with van der Waals surface area (Å²) in [6, 6.07) is 0. The molecule has 4 rings (SSSR count). The first-order valence-electron chi connectivity index (χ1n) is 7.87. The molecule has 2 saturated heterocycles. The van der Waals surface area contributed by atoms with Crippen molar-refractivity contribution in [2.24, 2.45) is 17.3 Å². The van der Waals surface area contributed by atoms with E-state index in [4.69, 9.17) is 4.74 Å². The van der Waals surface area contributed by atoms with E-state index in [0.717, 1.165) is 24.9 Å². The fourth-order valence-electron chi connectivity index (χ4n) is 3.56. The highest BCUT2D eigenvalue weighted by atomic mass is 16.5. The van der Waals surface area contributed by atoms with Crippen molar-refractivity contribution >= 4 is 0 Å². The zero-order valence-electron chi connectivity index (χ0n) is 12.4. The topological polar surface area (TPSA) is 12.5 Å². The van der Waals surface area contributed by atoms with E-state index in [9.17, 15) is 0 Å². The SMILES string of the molecule is CCC(C)(C)OCC1(CN2CC3CC(C3)C2)CC1. The predicted octanol–water partition coefficient (Wildman–Crippen LogP) is 3.31. The number of rotatable bonds is 6. The van der Waals surface area contributed by atoms with Gasteiger partial charge in [-0.3, -0.25) is 0 Å². The predicted molar refractivity (Wildman–Crippen MR) is 74.6 cm³/mol. The number of fused-ring (bicyclic) bond motifs is 2. The minimum Gasteiger partial charge on any atom is -0.375 e. The van der Waals surface area contributed by atoms with Crippen molar-refractivity contribution in [1.82, 2.24) is 4.90 Å². The maximum atomic E-state index is 6.16. The summed E-state index contributed by atoms with van der Waals surface area (Å²) in [6.45, 7) is 11.7. The van der Waals surface area contributed by atoms with Crippen LogP contribution >= 0.6 is 0 Å². The van der Waals surface area contributed by atoms with E-state index < -0.39 is 0 Å². The Balaban J connectivity index is 1.47. The van der Waals surface area contributed by atoms with E-state index in [-0.39, 0.29) is 5.60 Å². The third kappa shape index (κ3) is 2.75. The van der Waals surface area contributed by atoms with Gasteiger partial charge in [0.15, 0.2) is 0 Å². The summed E-state index contributed by atoms with van der Waals surface area (Å²) in [5.74, 6) is 2.07. The summed E-state index contributed by atoms with van der Waals surface area (Å²) in [6.07, 6.45) is 6.92. The maximum absolute atomic E-state index is 6.16. The zero-order valence-corrected chi connectivity index (χ0v) is 12.4. The van der Waals surface area contributed by atoms with Gasteiger partial charge in [-0.05, 0) is 57.8 Å². The fraction of sp³-hybridized carbons (Fsp3) is 1.00. The lowest BCUT2D eigenvalue weighted by atomic mass is 9.71. The average Bonchev–Trinajstić information content (AvgIpc) is 3.06. The van der Waals surface area contributed by atoms with Crippen molar-refractivity contribution in [3.63, 3.8) is 0 Å². The summed E-state index contributed by atoms with van der Waals surface area (Å²) in [7, 11) is 0. The molecule has 0 amide bonds. The molecule has 2 heterocycles. The summed E-state index contributed by atoms with van der Waals surface area (Å²) in [5.41, 5.74) is 0.593. The monoisotopic (exact) mass is 251 g/mol. The molecule has 0 aromatic heterocycles. The minimum atomic E-state index is 0.0691. The molecule has 4 fully saturated rings. The molecule has 0 aromatic carbocycles. The highest BCUT2D eigenvalue weighted by Gasteiger charge is 2.47. The Labute approximate surface area is 112 Å². The molecular weight excluding hydrogens is 222 g/mol. The first kappa shape index (κ1) is 12.9. The van der Waals surface area contributed by atoms with Gasteiger partial charge in [-0.15, -0.1) is 0 Å². The molecule has 0 N–H and O–H groups in total. The van der Waals surface area contributed by atoms with E-state index in [1.165, 1.54) is 45.3 Å². The highest BCUT2D eigenvalue weighted by Crippen LogP contribution is 2.49. The third-order valence-corrected chi connectivity index (χ3v) is 5.50. The van der Waals surface area contributed by atoms with Crippen LogP contribution in [0.1, 0.15) is 52.9 Å². The molecule has 2 heteroatoms. The van der Waals surface area contributed by atoms with E-state index in [2.05, 4.69) is 25.7 Å². The van der Waals surface area contributed by atoms with Crippen molar-refractivity contribution < 1.29 is 4.74 Å². The summed E-state index contributed by atoms with van der Waals surface area (Å²) >= 11 is 0. The van der Waals surface area contributed by atoms with Crippen LogP contribution in [0.3, 0.4) is 0 Å². The van der Waals surface area contributed by atoms with Gasteiger partial charge in [0, 0.05) is 25.0 Å². The maximum Gasteiger partial charge on any atom is 0.0624 e.